The van der Waals surface area contributed by atoms with Gasteiger partial charge in [-0.1, -0.05) is 51.6 Å². The van der Waals surface area contributed by atoms with Crippen LogP contribution in [0, 0.1) is 20.8 Å². The fourth-order valence-corrected chi connectivity index (χ4v) is 4.38. The number of carbonyl (C=O) groups is 2. The minimum absolute atomic E-state index is 0.165. The number of nitrogens with zero attached hydrogens (tertiary/aromatic N) is 4. The van der Waals surface area contributed by atoms with E-state index in [0.717, 1.165) is 16.1 Å². The molecule has 0 radical (unpaired) electrons. The van der Waals surface area contributed by atoms with Crippen LogP contribution in [0.3, 0.4) is 0 Å². The summed E-state index contributed by atoms with van der Waals surface area (Å²) in [6.07, 6.45) is 0. The second-order valence-corrected chi connectivity index (χ2v) is 9.05. The van der Waals surface area contributed by atoms with Crippen molar-refractivity contribution in [1.29, 1.82) is 0 Å². The molecular formula is C16H16N6O2S3. The Morgan fingerprint density at radius 1 is 0.926 bits per heavy atom. The van der Waals surface area contributed by atoms with E-state index < -0.39 is 0 Å². The van der Waals surface area contributed by atoms with Crippen LogP contribution >= 0.6 is 34.4 Å². The lowest BCUT2D eigenvalue weighted by atomic mass is 10.1. The van der Waals surface area contributed by atoms with E-state index in [-0.39, 0.29) is 17.6 Å². The number of amides is 2. The summed E-state index contributed by atoms with van der Waals surface area (Å²) in [7, 11) is 0. The smallest absolute Gasteiger partial charge is 0.257 e. The highest BCUT2D eigenvalue weighted by Gasteiger charge is 2.13. The lowest BCUT2D eigenvalue weighted by molar-refractivity contribution is -0.113. The van der Waals surface area contributed by atoms with E-state index in [4.69, 9.17) is 0 Å². The van der Waals surface area contributed by atoms with Gasteiger partial charge in [0, 0.05) is 5.56 Å². The molecule has 11 heteroatoms. The summed E-state index contributed by atoms with van der Waals surface area (Å²) in [6, 6.07) is 5.64. The normalized spacial score (nSPS) is 10.6. The van der Waals surface area contributed by atoms with Crippen LogP contribution in [-0.2, 0) is 4.79 Å². The van der Waals surface area contributed by atoms with E-state index in [2.05, 4.69) is 31.0 Å². The first-order chi connectivity index (χ1) is 12.9. The average molecular weight is 421 g/mol. The fourth-order valence-electron chi connectivity index (χ4n) is 2.22. The van der Waals surface area contributed by atoms with E-state index >= 15 is 0 Å². The van der Waals surface area contributed by atoms with Crippen molar-refractivity contribution < 1.29 is 9.59 Å². The lowest BCUT2D eigenvalue weighted by Crippen LogP contribution is -2.13. The third-order valence-corrected chi connectivity index (χ3v) is 5.94. The molecule has 0 bridgehead atoms. The van der Waals surface area contributed by atoms with Crippen LogP contribution in [0.1, 0.15) is 26.5 Å². The van der Waals surface area contributed by atoms with Crippen LogP contribution in [0.5, 0.6) is 0 Å². The van der Waals surface area contributed by atoms with Gasteiger partial charge in [-0.25, -0.2) is 0 Å². The Balaban J connectivity index is 1.53. The van der Waals surface area contributed by atoms with E-state index in [0.29, 0.717) is 20.2 Å². The predicted molar refractivity (Wildman–Crippen MR) is 108 cm³/mol. The molecule has 27 heavy (non-hydrogen) atoms. The van der Waals surface area contributed by atoms with Crippen molar-refractivity contribution in [2.45, 2.75) is 25.1 Å². The number of hydrogen-bond donors (Lipinski definition) is 2. The summed E-state index contributed by atoms with van der Waals surface area (Å²) in [5.74, 6) is -0.274. The van der Waals surface area contributed by atoms with E-state index in [1.807, 2.05) is 39.0 Å². The molecule has 0 saturated heterocycles. The van der Waals surface area contributed by atoms with Crippen molar-refractivity contribution in [2.75, 3.05) is 16.4 Å². The minimum Gasteiger partial charge on any atom is -0.300 e. The van der Waals surface area contributed by atoms with Gasteiger partial charge in [0.15, 0.2) is 4.34 Å². The number of aryl methyl sites for hydroxylation is 3. The molecular weight excluding hydrogens is 404 g/mol. The van der Waals surface area contributed by atoms with Crippen molar-refractivity contribution >= 4 is 56.5 Å². The number of nitrogens with one attached hydrogen (secondary N) is 2. The average Bonchev–Trinajstić information content (AvgIpc) is 3.21. The second kappa shape index (κ2) is 8.55. The van der Waals surface area contributed by atoms with Gasteiger partial charge >= 0.3 is 0 Å². The van der Waals surface area contributed by atoms with Gasteiger partial charge in [0.25, 0.3) is 5.91 Å². The summed E-state index contributed by atoms with van der Waals surface area (Å²) in [4.78, 5) is 24.3. The molecule has 0 saturated carbocycles. The zero-order valence-corrected chi connectivity index (χ0v) is 17.2. The summed E-state index contributed by atoms with van der Waals surface area (Å²) < 4.78 is 0.592. The van der Waals surface area contributed by atoms with Crippen molar-refractivity contribution in [1.82, 2.24) is 20.4 Å². The van der Waals surface area contributed by atoms with Crippen LogP contribution < -0.4 is 10.6 Å². The van der Waals surface area contributed by atoms with Gasteiger partial charge in [0.1, 0.15) is 5.01 Å². The van der Waals surface area contributed by atoms with Gasteiger partial charge in [0.05, 0.1) is 5.75 Å². The molecule has 2 amide bonds. The Bertz CT molecular complexity index is 964. The third kappa shape index (κ3) is 5.55. The van der Waals surface area contributed by atoms with Crippen molar-refractivity contribution in [2.24, 2.45) is 0 Å². The number of benzene rings is 1. The van der Waals surface area contributed by atoms with Gasteiger partial charge in [-0.05, 0) is 32.9 Å². The Morgan fingerprint density at radius 2 is 1.59 bits per heavy atom. The molecule has 2 aromatic heterocycles. The molecule has 0 aliphatic carbocycles. The summed E-state index contributed by atoms with van der Waals surface area (Å²) in [6.45, 7) is 5.70. The van der Waals surface area contributed by atoms with Crippen LogP contribution in [0.2, 0.25) is 0 Å². The topological polar surface area (TPSA) is 110 Å². The number of thioether (sulfide) groups is 1. The third-order valence-electron chi connectivity index (χ3n) is 3.21. The first-order valence-electron chi connectivity index (χ1n) is 7.85. The number of rotatable bonds is 6. The number of aromatic nitrogens is 4. The molecule has 0 atom stereocenters. The predicted octanol–water partition coefficient (Wildman–Crippen LogP) is 3.30. The Hall–Kier alpha value is -2.37. The molecule has 2 N–H and O–H groups in total. The van der Waals surface area contributed by atoms with E-state index in [1.54, 1.807) is 0 Å². The SMILES string of the molecule is Cc1cc(C)cc(C(=O)Nc2nnc(SCC(=O)Nc3nnc(C)s3)s2)c1. The number of anilines is 2. The van der Waals surface area contributed by atoms with Gasteiger partial charge in [0.2, 0.25) is 16.2 Å². The van der Waals surface area contributed by atoms with Gasteiger partial charge < -0.3 is 0 Å². The largest absolute Gasteiger partial charge is 0.300 e. The van der Waals surface area contributed by atoms with Crippen molar-refractivity contribution in [3.8, 4) is 0 Å². The second-order valence-electron chi connectivity index (χ2n) is 5.67. The monoisotopic (exact) mass is 420 g/mol. The first kappa shape index (κ1) is 19.4. The highest BCUT2D eigenvalue weighted by Crippen LogP contribution is 2.26. The molecule has 0 aliphatic heterocycles. The number of hydrogen-bond acceptors (Lipinski definition) is 9. The maximum absolute atomic E-state index is 12.3. The maximum atomic E-state index is 12.3. The zero-order valence-electron chi connectivity index (χ0n) is 14.8. The highest BCUT2D eigenvalue weighted by atomic mass is 32.2. The molecule has 8 nitrogen and oxygen atoms in total. The maximum Gasteiger partial charge on any atom is 0.257 e. The van der Waals surface area contributed by atoms with Gasteiger partial charge in [-0.15, -0.1) is 20.4 Å². The van der Waals surface area contributed by atoms with Crippen LogP contribution in [-0.4, -0.2) is 38.0 Å². The highest BCUT2D eigenvalue weighted by molar-refractivity contribution is 8.01. The molecule has 0 fully saturated rings. The molecule has 3 rings (SSSR count). The van der Waals surface area contributed by atoms with Crippen molar-refractivity contribution in [3.63, 3.8) is 0 Å². The minimum atomic E-state index is -0.237. The summed E-state index contributed by atoms with van der Waals surface area (Å²) in [5.41, 5.74) is 2.61. The van der Waals surface area contributed by atoms with Crippen LogP contribution in [0.4, 0.5) is 10.3 Å². The zero-order chi connectivity index (χ0) is 19.4. The lowest BCUT2D eigenvalue weighted by Gasteiger charge is -2.04. The molecule has 3 aromatic rings. The molecule has 1 aromatic carbocycles. The molecule has 0 unspecified atom stereocenters. The van der Waals surface area contributed by atoms with E-state index in [1.165, 1.54) is 34.4 Å². The quantitative estimate of drug-likeness (QED) is 0.465. The summed E-state index contributed by atoms with van der Waals surface area (Å²) >= 11 is 3.77. The van der Waals surface area contributed by atoms with E-state index in [9.17, 15) is 9.59 Å². The first-order valence-corrected chi connectivity index (χ1v) is 10.5. The Kier molecular flexibility index (Phi) is 6.14. The standard InChI is InChI=1S/C16H16N6O2S3/c1-8-4-9(2)6-11(5-8)13(24)18-15-21-22-16(27-15)25-7-12(23)17-14-20-19-10(3)26-14/h4-6H,7H2,1-3H3,(H,17,20,23)(H,18,21,24). The molecule has 2 heterocycles. The fraction of sp³-hybridized carbons (Fsp3) is 0.250. The summed E-state index contributed by atoms with van der Waals surface area (Å²) in [5, 5.41) is 22.7. The van der Waals surface area contributed by atoms with Crippen molar-refractivity contribution in [3.05, 3.63) is 39.9 Å². The van der Waals surface area contributed by atoms with Gasteiger partial charge in [-0.2, -0.15) is 0 Å². The Labute approximate surface area is 167 Å². The van der Waals surface area contributed by atoms with Crippen LogP contribution in [0.25, 0.3) is 0 Å². The van der Waals surface area contributed by atoms with Crippen LogP contribution in [0.15, 0.2) is 22.5 Å². The number of carbonyl (C=O) groups excluding carboxylic acids is 2. The molecule has 0 spiro atoms. The Morgan fingerprint density at radius 3 is 2.26 bits per heavy atom. The molecule has 140 valence electrons. The van der Waals surface area contributed by atoms with Gasteiger partial charge in [-0.3, -0.25) is 20.2 Å². The molecule has 0 aliphatic rings.